The predicted molar refractivity (Wildman–Crippen MR) is 50.3 cm³/mol. The normalized spacial score (nSPS) is 12.6. The highest BCUT2D eigenvalue weighted by Crippen LogP contribution is 2.24. The van der Waals surface area contributed by atoms with E-state index in [1.54, 1.807) is 0 Å². The fourth-order valence-electron chi connectivity index (χ4n) is 1.34. The molecule has 0 bridgehead atoms. The van der Waals surface area contributed by atoms with E-state index >= 15 is 0 Å². The Kier molecular flexibility index (Phi) is 3.72. The number of rotatable bonds is 3. The zero-order chi connectivity index (χ0) is 13.3. The van der Waals surface area contributed by atoms with Gasteiger partial charge in [-0.25, -0.2) is 17.6 Å². The minimum Gasteiger partial charge on any atom is -0.480 e. The fourth-order valence-corrected chi connectivity index (χ4v) is 1.34. The number of nitrogens with two attached hydrogens (primary N) is 1. The first-order valence-corrected chi connectivity index (χ1v) is 4.57. The number of carboxylic acids is 1. The van der Waals surface area contributed by atoms with Gasteiger partial charge in [0.15, 0.2) is 23.3 Å². The molecular formula is C10H9F4NO2. The molecule has 0 amide bonds. The third-order valence-corrected chi connectivity index (χ3v) is 2.37. The summed E-state index contributed by atoms with van der Waals surface area (Å²) in [6.07, 6.45) is -0.624. The number of carboxylic acid groups (broad SMARTS) is 1. The van der Waals surface area contributed by atoms with Gasteiger partial charge in [0.25, 0.3) is 0 Å². The molecule has 3 N–H and O–H groups in total. The lowest BCUT2D eigenvalue weighted by Crippen LogP contribution is -2.33. The second-order valence-corrected chi connectivity index (χ2v) is 3.51. The van der Waals surface area contributed by atoms with Crippen LogP contribution in [0.25, 0.3) is 0 Å². The van der Waals surface area contributed by atoms with Gasteiger partial charge in [-0.15, -0.1) is 0 Å². The summed E-state index contributed by atoms with van der Waals surface area (Å²) >= 11 is 0. The van der Waals surface area contributed by atoms with Crippen LogP contribution in [-0.2, 0) is 11.2 Å². The first-order chi connectivity index (χ1) is 7.77. The minimum atomic E-state index is -1.97. The topological polar surface area (TPSA) is 63.3 Å². The molecule has 3 nitrogen and oxygen atoms in total. The highest BCUT2D eigenvalue weighted by molar-refractivity contribution is 5.73. The molecule has 0 fully saturated rings. The maximum atomic E-state index is 13.3. The van der Waals surface area contributed by atoms with E-state index in [2.05, 4.69) is 0 Å². The van der Waals surface area contributed by atoms with Gasteiger partial charge in [0, 0.05) is 6.42 Å². The van der Waals surface area contributed by atoms with Crippen molar-refractivity contribution < 1.29 is 27.5 Å². The Balaban J connectivity index is 3.30. The van der Waals surface area contributed by atoms with Crippen LogP contribution in [0, 0.1) is 30.2 Å². The standard InChI is InChI=1S/C10H9F4NO2/c1-3-4(2-5(15)10(16)17)7(12)9(14)8(13)6(3)11/h5H,2,15H2,1H3,(H,16,17). The van der Waals surface area contributed by atoms with Crippen molar-refractivity contribution in [3.63, 3.8) is 0 Å². The minimum absolute atomic E-state index is 0.488. The highest BCUT2D eigenvalue weighted by atomic mass is 19.2. The Hall–Kier alpha value is -1.63. The molecule has 0 heterocycles. The molecule has 94 valence electrons. The first-order valence-electron chi connectivity index (χ1n) is 4.57. The second kappa shape index (κ2) is 4.70. The Morgan fingerprint density at radius 1 is 1.18 bits per heavy atom. The maximum Gasteiger partial charge on any atom is 0.320 e. The molecule has 0 saturated heterocycles. The maximum absolute atomic E-state index is 13.3. The molecule has 1 rings (SSSR count). The van der Waals surface area contributed by atoms with Gasteiger partial charge in [0.05, 0.1) is 0 Å². The van der Waals surface area contributed by atoms with Crippen molar-refractivity contribution >= 4 is 5.97 Å². The van der Waals surface area contributed by atoms with Gasteiger partial charge in [-0.05, 0) is 18.1 Å². The average Bonchev–Trinajstić information content (AvgIpc) is 2.29. The van der Waals surface area contributed by atoms with Gasteiger partial charge in [0.1, 0.15) is 6.04 Å². The second-order valence-electron chi connectivity index (χ2n) is 3.51. The molecule has 0 radical (unpaired) electrons. The monoisotopic (exact) mass is 251 g/mol. The van der Waals surface area contributed by atoms with Crippen LogP contribution in [0.5, 0.6) is 0 Å². The summed E-state index contributed by atoms with van der Waals surface area (Å²) in [5, 5.41) is 8.51. The van der Waals surface area contributed by atoms with Crippen LogP contribution >= 0.6 is 0 Å². The van der Waals surface area contributed by atoms with Gasteiger partial charge >= 0.3 is 5.97 Å². The highest BCUT2D eigenvalue weighted by Gasteiger charge is 2.25. The number of hydrogen-bond acceptors (Lipinski definition) is 2. The number of benzene rings is 1. The molecule has 1 aromatic rings. The lowest BCUT2D eigenvalue weighted by Gasteiger charge is -2.12. The van der Waals surface area contributed by atoms with E-state index in [9.17, 15) is 22.4 Å². The molecule has 1 aromatic carbocycles. The van der Waals surface area contributed by atoms with Crippen LogP contribution in [0.2, 0.25) is 0 Å². The molecule has 0 aliphatic carbocycles. The van der Waals surface area contributed by atoms with Crippen LogP contribution in [0.3, 0.4) is 0 Å². The lowest BCUT2D eigenvalue weighted by atomic mass is 9.99. The van der Waals surface area contributed by atoms with E-state index in [1.807, 2.05) is 0 Å². The average molecular weight is 251 g/mol. The Labute approximate surface area is 93.8 Å². The predicted octanol–water partition coefficient (Wildman–Crippen LogP) is 1.51. The molecule has 0 saturated carbocycles. The van der Waals surface area contributed by atoms with E-state index in [1.165, 1.54) is 0 Å². The van der Waals surface area contributed by atoms with E-state index in [4.69, 9.17) is 10.8 Å². The van der Waals surface area contributed by atoms with Crippen LogP contribution in [0.1, 0.15) is 11.1 Å². The molecule has 0 spiro atoms. The van der Waals surface area contributed by atoms with E-state index in [0.717, 1.165) is 6.92 Å². The van der Waals surface area contributed by atoms with Crippen LogP contribution in [0.15, 0.2) is 0 Å². The zero-order valence-corrected chi connectivity index (χ0v) is 8.73. The molecular weight excluding hydrogens is 242 g/mol. The van der Waals surface area contributed by atoms with Crippen LogP contribution < -0.4 is 5.73 Å². The van der Waals surface area contributed by atoms with E-state index < -0.39 is 52.8 Å². The summed E-state index contributed by atoms with van der Waals surface area (Å²) < 4.78 is 52.1. The summed E-state index contributed by atoms with van der Waals surface area (Å²) in [7, 11) is 0. The summed E-state index contributed by atoms with van der Waals surface area (Å²) in [5.41, 5.74) is 4.06. The molecule has 17 heavy (non-hydrogen) atoms. The van der Waals surface area contributed by atoms with Gasteiger partial charge in [0.2, 0.25) is 0 Å². The van der Waals surface area contributed by atoms with Crippen LogP contribution in [0.4, 0.5) is 17.6 Å². The van der Waals surface area contributed by atoms with Gasteiger partial charge in [-0.1, -0.05) is 0 Å². The van der Waals surface area contributed by atoms with Crippen molar-refractivity contribution in [1.29, 1.82) is 0 Å². The number of carbonyl (C=O) groups is 1. The molecule has 1 unspecified atom stereocenters. The van der Waals surface area contributed by atoms with E-state index in [-0.39, 0.29) is 0 Å². The summed E-state index contributed by atoms with van der Waals surface area (Å²) in [6.45, 7) is 1.02. The third kappa shape index (κ3) is 2.38. The summed E-state index contributed by atoms with van der Waals surface area (Å²) in [4.78, 5) is 10.5. The fraction of sp³-hybridized carbons (Fsp3) is 0.300. The molecule has 0 aliphatic rings. The van der Waals surface area contributed by atoms with Crippen molar-refractivity contribution in [3.05, 3.63) is 34.4 Å². The van der Waals surface area contributed by atoms with Gasteiger partial charge in [-0.3, -0.25) is 4.79 Å². The third-order valence-electron chi connectivity index (χ3n) is 2.37. The molecule has 0 aromatic heterocycles. The zero-order valence-electron chi connectivity index (χ0n) is 8.73. The van der Waals surface area contributed by atoms with Crippen molar-refractivity contribution in [2.75, 3.05) is 0 Å². The van der Waals surface area contributed by atoms with Crippen molar-refractivity contribution in [2.24, 2.45) is 5.73 Å². The first kappa shape index (κ1) is 13.4. The molecule has 1 atom stereocenters. The van der Waals surface area contributed by atoms with Crippen molar-refractivity contribution in [2.45, 2.75) is 19.4 Å². The Morgan fingerprint density at radius 2 is 1.65 bits per heavy atom. The quantitative estimate of drug-likeness (QED) is 0.486. The smallest absolute Gasteiger partial charge is 0.320 e. The Bertz CT molecular complexity index is 447. The van der Waals surface area contributed by atoms with Gasteiger partial charge in [-0.2, -0.15) is 0 Å². The van der Waals surface area contributed by atoms with Gasteiger partial charge < -0.3 is 10.8 Å². The SMILES string of the molecule is Cc1c(F)c(F)c(F)c(F)c1CC(N)C(=O)O. The van der Waals surface area contributed by atoms with E-state index in [0.29, 0.717) is 0 Å². The molecule has 7 heteroatoms. The largest absolute Gasteiger partial charge is 0.480 e. The van der Waals surface area contributed by atoms with Crippen LogP contribution in [-0.4, -0.2) is 17.1 Å². The number of aliphatic carboxylic acids is 1. The summed E-state index contributed by atoms with van der Waals surface area (Å²) in [6, 6.07) is -1.52. The van der Waals surface area contributed by atoms with Crippen molar-refractivity contribution in [1.82, 2.24) is 0 Å². The number of halogens is 4. The Morgan fingerprint density at radius 3 is 2.12 bits per heavy atom. The molecule has 0 aliphatic heterocycles. The number of hydrogen-bond donors (Lipinski definition) is 2. The summed E-state index contributed by atoms with van der Waals surface area (Å²) in [5.74, 6) is -8.50. The van der Waals surface area contributed by atoms with Crippen molar-refractivity contribution in [3.8, 4) is 0 Å². The lowest BCUT2D eigenvalue weighted by molar-refractivity contribution is -0.138.